The fourth-order valence-corrected chi connectivity index (χ4v) is 4.23. The fraction of sp³-hybridized carbons (Fsp3) is 0.750. The molecule has 2 atom stereocenters. The summed E-state index contributed by atoms with van der Waals surface area (Å²) in [6, 6.07) is 5.73. The Morgan fingerprint density at radius 3 is 2.58 bits per heavy atom. The minimum atomic E-state index is 0.239. The van der Waals surface area contributed by atoms with Crippen molar-refractivity contribution in [3.63, 3.8) is 0 Å². The summed E-state index contributed by atoms with van der Waals surface area (Å²) in [4.78, 5) is 3.99. The van der Waals surface area contributed by atoms with Crippen molar-refractivity contribution in [2.24, 2.45) is 11.7 Å². The van der Waals surface area contributed by atoms with Gasteiger partial charge in [-0.25, -0.2) is 0 Å². The van der Waals surface area contributed by atoms with Crippen molar-refractivity contribution in [2.75, 3.05) is 7.05 Å². The number of hydrogen-bond donors (Lipinski definition) is 1. The molecule has 1 heterocycles. The van der Waals surface area contributed by atoms with Crippen molar-refractivity contribution < 1.29 is 0 Å². The molecule has 0 aliphatic heterocycles. The third-order valence-corrected chi connectivity index (χ3v) is 5.65. The lowest BCUT2D eigenvalue weighted by Crippen LogP contribution is -2.44. The van der Waals surface area contributed by atoms with Crippen LogP contribution in [0.5, 0.6) is 0 Å². The van der Waals surface area contributed by atoms with E-state index in [1.807, 2.05) is 11.3 Å². The van der Waals surface area contributed by atoms with E-state index in [1.165, 1.54) is 30.6 Å². The highest BCUT2D eigenvalue weighted by Gasteiger charge is 2.30. The Labute approximate surface area is 122 Å². The van der Waals surface area contributed by atoms with Gasteiger partial charge in [-0.15, -0.1) is 11.3 Å². The Morgan fingerprint density at radius 1 is 1.37 bits per heavy atom. The van der Waals surface area contributed by atoms with Crippen molar-refractivity contribution in [1.29, 1.82) is 0 Å². The zero-order valence-electron chi connectivity index (χ0n) is 12.5. The molecule has 1 fully saturated rings. The maximum absolute atomic E-state index is 6.41. The summed E-state index contributed by atoms with van der Waals surface area (Å²) in [5.74, 6) is 0.907. The van der Waals surface area contributed by atoms with Gasteiger partial charge in [0.25, 0.3) is 0 Å². The number of rotatable bonds is 5. The topological polar surface area (TPSA) is 29.3 Å². The first-order valence-electron chi connectivity index (χ1n) is 7.64. The second-order valence-electron chi connectivity index (χ2n) is 6.11. The van der Waals surface area contributed by atoms with E-state index in [9.17, 15) is 0 Å². The largest absolute Gasteiger partial charge is 0.326 e. The van der Waals surface area contributed by atoms with Crippen molar-refractivity contribution in [2.45, 2.75) is 64.1 Å². The van der Waals surface area contributed by atoms with E-state index in [-0.39, 0.29) is 6.04 Å². The molecule has 1 aromatic rings. The first kappa shape index (κ1) is 15.0. The monoisotopic (exact) mass is 280 g/mol. The van der Waals surface area contributed by atoms with E-state index in [0.29, 0.717) is 12.1 Å². The Hall–Kier alpha value is -0.380. The van der Waals surface area contributed by atoms with E-state index in [0.717, 1.165) is 12.3 Å². The Morgan fingerprint density at radius 2 is 2.05 bits per heavy atom. The van der Waals surface area contributed by atoms with Gasteiger partial charge in [-0.2, -0.15) is 0 Å². The Bertz CT molecular complexity index is 355. The second-order valence-corrected chi connectivity index (χ2v) is 7.09. The number of likely N-dealkylation sites (N-methyl/N-ethyl adjacent to an activating group) is 1. The molecular weight excluding hydrogens is 252 g/mol. The SMILES string of the molecule is CCC(N)C(c1cccs1)N(C)C1CCC(C)CC1. The van der Waals surface area contributed by atoms with Gasteiger partial charge in [0.2, 0.25) is 0 Å². The molecule has 0 amide bonds. The predicted molar refractivity (Wildman–Crippen MR) is 84.5 cm³/mol. The summed E-state index contributed by atoms with van der Waals surface area (Å²) in [5, 5.41) is 2.17. The molecule has 1 aromatic heterocycles. The van der Waals surface area contributed by atoms with Crippen LogP contribution >= 0.6 is 11.3 Å². The zero-order valence-corrected chi connectivity index (χ0v) is 13.3. The number of nitrogens with zero attached hydrogens (tertiary/aromatic N) is 1. The number of nitrogens with two attached hydrogens (primary N) is 1. The summed E-state index contributed by atoms with van der Waals surface area (Å²) >= 11 is 1.85. The highest BCUT2D eigenvalue weighted by atomic mass is 32.1. The van der Waals surface area contributed by atoms with Crippen LogP contribution in [0.2, 0.25) is 0 Å². The molecule has 0 spiro atoms. The van der Waals surface area contributed by atoms with Gasteiger partial charge in [-0.1, -0.05) is 19.9 Å². The molecule has 0 radical (unpaired) electrons. The first-order valence-corrected chi connectivity index (χ1v) is 8.52. The molecule has 19 heavy (non-hydrogen) atoms. The van der Waals surface area contributed by atoms with Crippen LogP contribution in [0.3, 0.4) is 0 Å². The van der Waals surface area contributed by atoms with Crippen LogP contribution in [0.4, 0.5) is 0 Å². The standard InChI is InChI=1S/C16H28N2S/c1-4-14(17)16(15-6-5-11-19-15)18(3)13-9-7-12(2)8-10-13/h5-6,11-14,16H,4,7-10,17H2,1-3H3. The molecule has 2 unspecified atom stereocenters. The molecule has 0 bridgehead atoms. The van der Waals surface area contributed by atoms with Gasteiger partial charge < -0.3 is 5.73 Å². The minimum absolute atomic E-state index is 0.239. The van der Waals surface area contributed by atoms with Gasteiger partial charge in [-0.05, 0) is 56.5 Å². The van der Waals surface area contributed by atoms with Crippen LogP contribution in [0.25, 0.3) is 0 Å². The van der Waals surface area contributed by atoms with E-state index in [1.54, 1.807) is 0 Å². The molecule has 1 saturated carbocycles. The quantitative estimate of drug-likeness (QED) is 0.882. The molecule has 0 saturated heterocycles. The van der Waals surface area contributed by atoms with Crippen molar-refractivity contribution in [3.05, 3.63) is 22.4 Å². The van der Waals surface area contributed by atoms with Crippen LogP contribution in [-0.4, -0.2) is 24.0 Å². The summed E-state index contributed by atoms with van der Waals surface area (Å²) < 4.78 is 0. The van der Waals surface area contributed by atoms with Gasteiger partial charge in [0.05, 0.1) is 6.04 Å². The van der Waals surface area contributed by atoms with Crippen LogP contribution in [0.15, 0.2) is 17.5 Å². The van der Waals surface area contributed by atoms with E-state index in [4.69, 9.17) is 5.73 Å². The molecule has 2 rings (SSSR count). The Balaban J connectivity index is 2.09. The van der Waals surface area contributed by atoms with Gasteiger partial charge in [-0.3, -0.25) is 4.90 Å². The smallest absolute Gasteiger partial charge is 0.0593 e. The maximum Gasteiger partial charge on any atom is 0.0593 e. The minimum Gasteiger partial charge on any atom is -0.326 e. The van der Waals surface area contributed by atoms with Crippen molar-refractivity contribution in [3.8, 4) is 0 Å². The third-order valence-electron chi connectivity index (χ3n) is 4.71. The molecular formula is C16H28N2S. The van der Waals surface area contributed by atoms with E-state index < -0.39 is 0 Å². The summed E-state index contributed by atoms with van der Waals surface area (Å²) in [5.41, 5.74) is 6.41. The van der Waals surface area contributed by atoms with Crippen molar-refractivity contribution in [1.82, 2.24) is 4.90 Å². The van der Waals surface area contributed by atoms with Crippen LogP contribution in [0.1, 0.15) is 56.9 Å². The maximum atomic E-state index is 6.41. The van der Waals surface area contributed by atoms with Gasteiger partial charge in [0.1, 0.15) is 0 Å². The van der Waals surface area contributed by atoms with Crippen LogP contribution in [-0.2, 0) is 0 Å². The molecule has 2 nitrogen and oxygen atoms in total. The lowest BCUT2D eigenvalue weighted by Gasteiger charge is -2.40. The van der Waals surface area contributed by atoms with E-state index in [2.05, 4.69) is 43.3 Å². The summed E-state index contributed by atoms with van der Waals surface area (Å²) in [6.45, 7) is 4.58. The molecule has 2 N–H and O–H groups in total. The number of thiophene rings is 1. The van der Waals surface area contributed by atoms with Crippen LogP contribution < -0.4 is 5.73 Å². The first-order chi connectivity index (χ1) is 9.13. The predicted octanol–water partition coefficient (Wildman–Crippen LogP) is 4.04. The lowest BCUT2D eigenvalue weighted by molar-refractivity contribution is 0.108. The molecule has 1 aliphatic carbocycles. The highest BCUT2D eigenvalue weighted by molar-refractivity contribution is 7.10. The van der Waals surface area contributed by atoms with Crippen molar-refractivity contribution >= 4 is 11.3 Å². The van der Waals surface area contributed by atoms with Gasteiger partial charge >= 0.3 is 0 Å². The molecule has 0 aromatic carbocycles. The average molecular weight is 280 g/mol. The fourth-order valence-electron chi connectivity index (χ4n) is 3.27. The normalized spacial score (nSPS) is 27.4. The summed E-state index contributed by atoms with van der Waals surface area (Å²) in [6.07, 6.45) is 6.43. The van der Waals surface area contributed by atoms with Crippen LogP contribution in [0, 0.1) is 5.92 Å². The number of hydrogen-bond acceptors (Lipinski definition) is 3. The van der Waals surface area contributed by atoms with E-state index >= 15 is 0 Å². The lowest BCUT2D eigenvalue weighted by atomic mass is 9.85. The third kappa shape index (κ3) is 3.59. The highest BCUT2D eigenvalue weighted by Crippen LogP contribution is 2.34. The zero-order chi connectivity index (χ0) is 13.8. The summed E-state index contributed by atoms with van der Waals surface area (Å²) in [7, 11) is 2.28. The second kappa shape index (κ2) is 6.87. The Kier molecular flexibility index (Phi) is 5.43. The molecule has 1 aliphatic rings. The molecule has 108 valence electrons. The van der Waals surface area contributed by atoms with Gasteiger partial charge in [0, 0.05) is 17.0 Å². The average Bonchev–Trinajstić information content (AvgIpc) is 2.93. The van der Waals surface area contributed by atoms with Gasteiger partial charge in [0.15, 0.2) is 0 Å². The molecule has 3 heteroatoms.